The first-order valence-corrected chi connectivity index (χ1v) is 11.9. The summed E-state index contributed by atoms with van der Waals surface area (Å²) in [6, 6.07) is 10.3. The highest BCUT2D eigenvalue weighted by Gasteiger charge is 2.19. The average Bonchev–Trinajstić information content (AvgIpc) is 3.48. The summed E-state index contributed by atoms with van der Waals surface area (Å²) < 4.78 is 6.68. The maximum Gasteiger partial charge on any atom is 0.150 e. The van der Waals surface area contributed by atoms with Crippen LogP contribution in [0.4, 0.5) is 5.82 Å². The predicted molar refractivity (Wildman–Crippen MR) is 129 cm³/mol. The molecule has 2 aliphatic rings. The van der Waals surface area contributed by atoms with Crippen molar-refractivity contribution in [2.75, 3.05) is 64.4 Å². The number of piperazine rings is 1. The van der Waals surface area contributed by atoms with Crippen molar-refractivity contribution in [1.29, 1.82) is 0 Å². The van der Waals surface area contributed by atoms with Crippen LogP contribution < -0.4 is 4.90 Å². The van der Waals surface area contributed by atoms with Crippen LogP contribution in [0, 0.1) is 0 Å². The molecule has 0 spiro atoms. The number of nitrogens with zero attached hydrogens (tertiary/aromatic N) is 6. The minimum atomic E-state index is 0.783. The van der Waals surface area contributed by atoms with Crippen LogP contribution >= 0.6 is 11.3 Å². The van der Waals surface area contributed by atoms with Crippen LogP contribution in [0.15, 0.2) is 42.9 Å². The number of H-pyrrole nitrogens is 1. The number of para-hydroxylation sites is 1. The molecule has 0 unspecified atom stereocenters. The Morgan fingerprint density at radius 1 is 1.03 bits per heavy atom. The standard InChI is InChI=1S/C16H23N5OS.C7H6N2/c1-19-2-4-20(5-3-19)11-13-10-14-15(23-13)16(18-12-17-14)21-6-8-22-9-7-21;1-2-4-7-6(3-1)5-8-9-7/h10,12H,2-9,11H2,1H3;1-5H,(H,8,9). The van der Waals surface area contributed by atoms with Crippen molar-refractivity contribution in [3.05, 3.63) is 47.7 Å². The van der Waals surface area contributed by atoms with Gasteiger partial charge >= 0.3 is 0 Å². The fraction of sp³-hybridized carbons (Fsp3) is 0.435. The highest BCUT2D eigenvalue weighted by Crippen LogP contribution is 2.32. The summed E-state index contributed by atoms with van der Waals surface area (Å²) in [4.78, 5) is 17.7. The van der Waals surface area contributed by atoms with Gasteiger partial charge in [0.15, 0.2) is 0 Å². The third-order valence-corrected chi connectivity index (χ3v) is 7.08. The van der Waals surface area contributed by atoms with Gasteiger partial charge in [-0.05, 0) is 19.2 Å². The molecule has 168 valence electrons. The Morgan fingerprint density at radius 3 is 2.66 bits per heavy atom. The van der Waals surface area contributed by atoms with Crippen LogP contribution in [0.25, 0.3) is 21.1 Å². The fourth-order valence-electron chi connectivity index (χ4n) is 4.08. The average molecular weight is 452 g/mol. The molecule has 8 nitrogen and oxygen atoms in total. The van der Waals surface area contributed by atoms with E-state index in [-0.39, 0.29) is 0 Å². The summed E-state index contributed by atoms with van der Waals surface area (Å²) >= 11 is 1.85. The molecule has 1 N–H and O–H groups in total. The summed E-state index contributed by atoms with van der Waals surface area (Å²) in [7, 11) is 2.20. The van der Waals surface area contributed by atoms with Gasteiger partial charge in [-0.25, -0.2) is 9.97 Å². The number of benzene rings is 1. The molecule has 6 rings (SSSR count). The zero-order chi connectivity index (χ0) is 21.8. The van der Waals surface area contributed by atoms with Crippen LogP contribution in [-0.4, -0.2) is 89.5 Å². The van der Waals surface area contributed by atoms with E-state index in [4.69, 9.17) is 4.74 Å². The molecule has 2 fully saturated rings. The molecule has 5 heterocycles. The van der Waals surface area contributed by atoms with E-state index < -0.39 is 0 Å². The molecule has 2 saturated heterocycles. The maximum absolute atomic E-state index is 5.46. The predicted octanol–water partition coefficient (Wildman–Crippen LogP) is 2.84. The number of thiophene rings is 1. The van der Waals surface area contributed by atoms with Crippen molar-refractivity contribution in [3.8, 4) is 0 Å². The van der Waals surface area contributed by atoms with Crippen molar-refractivity contribution < 1.29 is 4.74 Å². The molecule has 0 bridgehead atoms. The van der Waals surface area contributed by atoms with Crippen LogP contribution in [0.3, 0.4) is 0 Å². The molecule has 9 heteroatoms. The number of morpholine rings is 1. The lowest BCUT2D eigenvalue weighted by Crippen LogP contribution is -2.43. The maximum atomic E-state index is 5.46. The Labute approximate surface area is 191 Å². The Balaban J connectivity index is 0.000000199. The van der Waals surface area contributed by atoms with E-state index in [1.807, 2.05) is 41.8 Å². The molecular weight excluding hydrogens is 422 g/mol. The van der Waals surface area contributed by atoms with Crippen molar-refractivity contribution in [2.24, 2.45) is 0 Å². The molecule has 4 aromatic rings. The molecule has 0 saturated carbocycles. The van der Waals surface area contributed by atoms with E-state index in [2.05, 4.69) is 48.0 Å². The number of fused-ring (bicyclic) bond motifs is 2. The van der Waals surface area contributed by atoms with Crippen LogP contribution in [0.1, 0.15) is 4.88 Å². The first-order valence-electron chi connectivity index (χ1n) is 11.1. The van der Waals surface area contributed by atoms with Gasteiger partial charge in [0.1, 0.15) is 12.1 Å². The lowest BCUT2D eigenvalue weighted by Gasteiger charge is -2.31. The number of hydrogen-bond acceptors (Lipinski definition) is 8. The number of nitrogens with one attached hydrogen (secondary N) is 1. The van der Waals surface area contributed by atoms with Gasteiger partial charge in [0.25, 0.3) is 0 Å². The number of hydrogen-bond donors (Lipinski definition) is 1. The summed E-state index contributed by atoms with van der Waals surface area (Å²) in [6.07, 6.45) is 3.51. The number of aromatic amines is 1. The SMILES string of the molecule is CN1CCN(Cc2cc3ncnc(N4CCOCC4)c3s2)CC1.c1ccc2[nH]ncc2c1. The number of rotatable bonds is 3. The van der Waals surface area contributed by atoms with Crippen LogP contribution in [0.5, 0.6) is 0 Å². The lowest BCUT2D eigenvalue weighted by atomic mass is 10.3. The minimum absolute atomic E-state index is 0.783. The van der Waals surface area contributed by atoms with Crippen LogP contribution in [-0.2, 0) is 11.3 Å². The minimum Gasteiger partial charge on any atom is -0.378 e. The molecule has 0 aliphatic carbocycles. The first-order chi connectivity index (χ1) is 15.8. The third kappa shape index (κ3) is 4.91. The smallest absolute Gasteiger partial charge is 0.150 e. The monoisotopic (exact) mass is 451 g/mol. The van der Waals surface area contributed by atoms with E-state index in [9.17, 15) is 0 Å². The summed E-state index contributed by atoms with van der Waals surface area (Å²) in [6.45, 7) is 9.02. The number of likely N-dealkylation sites (N-methyl/N-ethyl adjacent to an activating group) is 1. The van der Waals surface area contributed by atoms with Crippen molar-refractivity contribution >= 4 is 38.3 Å². The largest absolute Gasteiger partial charge is 0.378 e. The van der Waals surface area contributed by atoms with Gasteiger partial charge in [-0.2, -0.15) is 5.10 Å². The molecule has 0 atom stereocenters. The van der Waals surface area contributed by atoms with Gasteiger partial charge in [-0.3, -0.25) is 10.00 Å². The van der Waals surface area contributed by atoms with Crippen molar-refractivity contribution in [2.45, 2.75) is 6.54 Å². The third-order valence-electron chi connectivity index (χ3n) is 5.98. The highest BCUT2D eigenvalue weighted by molar-refractivity contribution is 7.19. The Morgan fingerprint density at radius 2 is 1.84 bits per heavy atom. The van der Waals surface area contributed by atoms with E-state index in [0.717, 1.165) is 81.3 Å². The summed E-state index contributed by atoms with van der Waals surface area (Å²) in [5, 5.41) is 7.91. The molecule has 0 radical (unpaired) electrons. The van der Waals surface area contributed by atoms with E-state index >= 15 is 0 Å². The van der Waals surface area contributed by atoms with Crippen molar-refractivity contribution in [1.82, 2.24) is 30.0 Å². The molecule has 0 amide bonds. The summed E-state index contributed by atoms with van der Waals surface area (Å²) in [5.74, 6) is 1.08. The highest BCUT2D eigenvalue weighted by atomic mass is 32.1. The summed E-state index contributed by atoms with van der Waals surface area (Å²) in [5.41, 5.74) is 2.17. The molecule has 1 aromatic carbocycles. The van der Waals surface area contributed by atoms with E-state index in [1.165, 1.54) is 9.58 Å². The number of anilines is 1. The Hall–Kier alpha value is -2.59. The molecular formula is C23H29N7OS. The van der Waals surface area contributed by atoms with E-state index in [1.54, 1.807) is 6.33 Å². The number of aromatic nitrogens is 4. The second-order valence-electron chi connectivity index (χ2n) is 8.26. The normalized spacial score (nSPS) is 18.1. The van der Waals surface area contributed by atoms with Gasteiger partial charge in [0.2, 0.25) is 0 Å². The topological polar surface area (TPSA) is 73.4 Å². The van der Waals surface area contributed by atoms with Crippen LogP contribution in [0.2, 0.25) is 0 Å². The van der Waals surface area contributed by atoms with Crippen molar-refractivity contribution in [3.63, 3.8) is 0 Å². The van der Waals surface area contributed by atoms with Gasteiger partial charge in [-0.15, -0.1) is 11.3 Å². The van der Waals surface area contributed by atoms with Gasteiger partial charge < -0.3 is 14.5 Å². The quantitative estimate of drug-likeness (QED) is 0.513. The Bertz CT molecular complexity index is 1120. The second-order valence-corrected chi connectivity index (χ2v) is 9.40. The zero-order valence-electron chi connectivity index (χ0n) is 18.4. The van der Waals surface area contributed by atoms with Gasteiger partial charge in [-0.1, -0.05) is 18.2 Å². The molecule has 3 aromatic heterocycles. The molecule has 2 aliphatic heterocycles. The first kappa shape index (κ1) is 21.3. The number of ether oxygens (including phenoxy) is 1. The lowest BCUT2D eigenvalue weighted by molar-refractivity contribution is 0.122. The fourth-order valence-corrected chi connectivity index (χ4v) is 5.25. The zero-order valence-corrected chi connectivity index (χ0v) is 19.2. The second kappa shape index (κ2) is 9.91. The van der Waals surface area contributed by atoms with Gasteiger partial charge in [0.05, 0.1) is 35.1 Å². The van der Waals surface area contributed by atoms with E-state index in [0.29, 0.717) is 0 Å². The molecule has 32 heavy (non-hydrogen) atoms. The Kier molecular flexibility index (Phi) is 6.59. The van der Waals surface area contributed by atoms with Gasteiger partial charge in [0, 0.05) is 56.1 Å².